The maximum absolute atomic E-state index is 14.8. The van der Waals surface area contributed by atoms with Gasteiger partial charge in [0, 0.05) is 12.8 Å². The molecule has 54 heavy (non-hydrogen) atoms. The Hall–Kier alpha value is -5.76. The zero-order valence-corrected chi connectivity index (χ0v) is 31.4. The monoisotopic (exact) mass is 770 g/mol. The van der Waals surface area contributed by atoms with Crippen molar-refractivity contribution in [2.75, 3.05) is 14.2 Å². The molecule has 16 nitrogen and oxygen atoms in total. The molecule has 0 aliphatic rings. The van der Waals surface area contributed by atoms with Crippen LogP contribution >= 0.6 is 7.60 Å². The molecule has 3 atom stereocenters. The number of nitrogens with two attached hydrogens (primary N) is 1. The van der Waals surface area contributed by atoms with Gasteiger partial charge in [0.05, 0.1) is 14.2 Å². The summed E-state index contributed by atoms with van der Waals surface area (Å²) in [7, 11) is -1.57. The third kappa shape index (κ3) is 14.3. The Balaban J connectivity index is 1.91. The number of carboxylic acid groups (broad SMARTS) is 1. The van der Waals surface area contributed by atoms with E-state index < -0.39 is 61.7 Å². The van der Waals surface area contributed by atoms with Gasteiger partial charge in [-0.25, -0.2) is 9.36 Å². The summed E-state index contributed by atoms with van der Waals surface area (Å²) < 4.78 is 42.4. The minimum absolute atomic E-state index is 0.0627. The third-order valence-corrected chi connectivity index (χ3v) is 9.83. The first-order chi connectivity index (χ1) is 25.7. The molecule has 0 radical (unpaired) electrons. The Labute approximate surface area is 313 Å². The summed E-state index contributed by atoms with van der Waals surface area (Å²) in [6.07, 6.45) is -2.34. The fourth-order valence-corrected chi connectivity index (χ4v) is 6.84. The summed E-state index contributed by atoms with van der Waals surface area (Å²) in [4.78, 5) is 63.7. The highest BCUT2D eigenvalue weighted by atomic mass is 31.2. The van der Waals surface area contributed by atoms with E-state index in [4.69, 9.17) is 29.0 Å². The molecule has 0 fully saturated rings. The summed E-state index contributed by atoms with van der Waals surface area (Å²) >= 11 is 0. The Morgan fingerprint density at radius 3 is 1.70 bits per heavy atom. The van der Waals surface area contributed by atoms with Gasteiger partial charge in [0.25, 0.3) is 0 Å². The Kier molecular flexibility index (Phi) is 16.6. The number of methoxy groups -OCH3 is 2. The summed E-state index contributed by atoms with van der Waals surface area (Å²) in [5.41, 5.74) is 6.14. The molecule has 3 aromatic carbocycles. The van der Waals surface area contributed by atoms with Gasteiger partial charge in [-0.05, 0) is 79.3 Å². The fraction of sp³-hybridized carbons (Fsp3) is 0.378. The molecule has 0 spiro atoms. The normalized spacial score (nSPS) is 12.7. The maximum Gasteiger partial charge on any atom is 0.452 e. The van der Waals surface area contributed by atoms with Crippen molar-refractivity contribution in [2.45, 2.75) is 70.4 Å². The third-order valence-electron chi connectivity index (χ3n) is 7.75. The van der Waals surface area contributed by atoms with E-state index in [9.17, 15) is 33.6 Å². The second-order valence-corrected chi connectivity index (χ2v) is 14.6. The molecule has 0 aliphatic heterocycles. The molecule has 0 saturated carbocycles. The summed E-state index contributed by atoms with van der Waals surface area (Å²) in [6.45, 7) is 3.48. The number of carbonyl (C=O) groups excluding carboxylic acids is 4. The van der Waals surface area contributed by atoms with Gasteiger partial charge in [-0.15, -0.1) is 0 Å². The minimum atomic E-state index is -4.50. The van der Waals surface area contributed by atoms with Crippen molar-refractivity contribution in [3.63, 3.8) is 0 Å². The first kappa shape index (κ1) is 42.7. The molecular formula is C37H47N4O12P. The average molecular weight is 771 g/mol. The van der Waals surface area contributed by atoms with Gasteiger partial charge in [0.15, 0.2) is 5.78 Å². The zero-order valence-electron chi connectivity index (χ0n) is 30.5. The maximum atomic E-state index is 14.8. The molecule has 3 aromatic rings. The van der Waals surface area contributed by atoms with E-state index in [-0.39, 0.29) is 49.7 Å². The molecule has 4 amide bonds. The summed E-state index contributed by atoms with van der Waals surface area (Å²) in [6, 6.07) is 18.2. The number of hydrogen-bond donors (Lipinski definition) is 5. The second-order valence-electron chi connectivity index (χ2n) is 12.5. The Morgan fingerprint density at radius 1 is 0.704 bits per heavy atom. The number of carbonyl (C=O) groups is 5. The molecule has 3 unspecified atom stereocenters. The Morgan fingerprint density at radius 2 is 1.22 bits per heavy atom. The molecule has 0 bridgehead atoms. The van der Waals surface area contributed by atoms with Crippen LogP contribution in [0.4, 0.5) is 4.79 Å². The molecule has 0 aromatic heterocycles. The number of hydrogen-bond acceptors (Lipinski definition) is 11. The van der Waals surface area contributed by atoms with E-state index in [1.54, 1.807) is 68.4 Å². The van der Waals surface area contributed by atoms with Crippen LogP contribution in [0.3, 0.4) is 0 Å². The number of carboxylic acids is 1. The van der Waals surface area contributed by atoms with E-state index in [0.29, 0.717) is 17.1 Å². The van der Waals surface area contributed by atoms with Gasteiger partial charge in [-0.2, -0.15) is 0 Å². The van der Waals surface area contributed by atoms with Crippen LogP contribution in [0.5, 0.6) is 23.0 Å². The van der Waals surface area contributed by atoms with E-state index in [1.807, 2.05) is 0 Å². The van der Waals surface area contributed by atoms with Crippen LogP contribution in [0.1, 0.15) is 51.5 Å². The molecule has 0 heterocycles. The van der Waals surface area contributed by atoms with Gasteiger partial charge < -0.3 is 50.0 Å². The second kappa shape index (κ2) is 21.1. The standard InChI is InChI=1S/C37H47N4O12P/c1-24(2)22-31(39-35(45)30(18-21-34(43)44)40-37(47)51-23-25-8-6-5-7-9-25)36(46)41-33(20-19-32(38)42)54(48,52-28-14-10-26(49-3)11-15-28)53-29-16-12-27(50-4)13-17-29/h5-17,24,30-31,33H,18-23H2,1-4H3,(H2,38,42)(H,39,45)(H,40,47)(H,41,46)(H,43,44). The number of alkyl carbamates (subject to hydrolysis) is 1. The first-order valence-corrected chi connectivity index (χ1v) is 18.7. The van der Waals surface area contributed by atoms with E-state index in [2.05, 4.69) is 16.0 Å². The smallest absolute Gasteiger partial charge is 0.452 e. The number of amides is 4. The zero-order chi connectivity index (χ0) is 39.7. The lowest BCUT2D eigenvalue weighted by molar-refractivity contribution is -0.137. The molecule has 3 rings (SSSR count). The van der Waals surface area contributed by atoms with Gasteiger partial charge in [0.1, 0.15) is 41.7 Å². The number of benzene rings is 3. The molecular weight excluding hydrogens is 723 g/mol. The highest BCUT2D eigenvalue weighted by Crippen LogP contribution is 2.53. The van der Waals surface area contributed by atoms with Crippen molar-refractivity contribution in [1.82, 2.24) is 16.0 Å². The lowest BCUT2D eigenvalue weighted by atomic mass is 10.0. The molecule has 292 valence electrons. The SMILES string of the molecule is COc1ccc(OP(=O)(Oc2ccc(OC)cc2)C(CCC(N)=O)NC(=O)C(CC(C)C)NC(=O)C(CCC(=O)O)NC(=O)OCc2ccccc2)cc1. The lowest BCUT2D eigenvalue weighted by Gasteiger charge is -2.30. The van der Waals surface area contributed by atoms with Crippen LogP contribution in [0.15, 0.2) is 78.9 Å². The first-order valence-electron chi connectivity index (χ1n) is 17.1. The van der Waals surface area contributed by atoms with Crippen molar-refractivity contribution in [2.24, 2.45) is 11.7 Å². The van der Waals surface area contributed by atoms with Crippen LogP contribution in [0.25, 0.3) is 0 Å². The van der Waals surface area contributed by atoms with Crippen LogP contribution in [0, 0.1) is 5.92 Å². The molecule has 0 aliphatic carbocycles. The highest BCUT2D eigenvalue weighted by Gasteiger charge is 2.42. The van der Waals surface area contributed by atoms with Gasteiger partial charge >= 0.3 is 19.7 Å². The number of primary amides is 1. The molecule has 6 N–H and O–H groups in total. The number of nitrogens with one attached hydrogen (secondary N) is 3. The highest BCUT2D eigenvalue weighted by molar-refractivity contribution is 7.55. The van der Waals surface area contributed by atoms with Crippen molar-refractivity contribution in [3.05, 3.63) is 84.4 Å². The topological polar surface area (TPSA) is 231 Å². The van der Waals surface area contributed by atoms with Crippen molar-refractivity contribution < 1.29 is 56.9 Å². The van der Waals surface area contributed by atoms with Crippen molar-refractivity contribution in [3.8, 4) is 23.0 Å². The Bertz CT molecular complexity index is 1690. The van der Waals surface area contributed by atoms with Crippen molar-refractivity contribution in [1.29, 1.82) is 0 Å². The van der Waals surface area contributed by atoms with Gasteiger partial charge in [-0.3, -0.25) is 19.2 Å². The quantitative estimate of drug-likeness (QED) is 0.0872. The predicted octanol–water partition coefficient (Wildman–Crippen LogP) is 4.75. The van der Waals surface area contributed by atoms with Gasteiger partial charge in [-0.1, -0.05) is 44.2 Å². The fourth-order valence-electron chi connectivity index (χ4n) is 4.98. The number of ether oxygens (including phenoxy) is 3. The van der Waals surface area contributed by atoms with Crippen LogP contribution in [0.2, 0.25) is 0 Å². The summed E-state index contributed by atoms with van der Waals surface area (Å²) in [5.74, 6) is -4.18. The molecule has 17 heteroatoms. The minimum Gasteiger partial charge on any atom is -0.497 e. The van der Waals surface area contributed by atoms with Crippen molar-refractivity contribution >= 4 is 37.4 Å². The largest absolute Gasteiger partial charge is 0.497 e. The van der Waals surface area contributed by atoms with E-state index >= 15 is 0 Å². The molecule has 0 saturated heterocycles. The van der Waals surface area contributed by atoms with Crippen LogP contribution in [-0.2, 0) is 35.1 Å². The number of rotatable bonds is 22. The van der Waals surface area contributed by atoms with E-state index in [0.717, 1.165) is 0 Å². The lowest BCUT2D eigenvalue weighted by Crippen LogP contribution is -2.55. The average Bonchev–Trinajstić information content (AvgIpc) is 3.14. The van der Waals surface area contributed by atoms with Crippen LogP contribution in [-0.4, -0.2) is 67.0 Å². The summed E-state index contributed by atoms with van der Waals surface area (Å²) in [5, 5.41) is 16.9. The van der Waals surface area contributed by atoms with Crippen LogP contribution < -0.4 is 40.2 Å². The van der Waals surface area contributed by atoms with E-state index in [1.165, 1.54) is 38.5 Å². The number of aliphatic carboxylic acids is 1. The van der Waals surface area contributed by atoms with Gasteiger partial charge in [0.2, 0.25) is 17.7 Å². The predicted molar refractivity (Wildman–Crippen MR) is 197 cm³/mol.